The topological polar surface area (TPSA) is 133 Å². The predicted molar refractivity (Wildman–Crippen MR) is 64.1 cm³/mol. The normalized spacial score (nSPS) is 36.6. The van der Waals surface area contributed by atoms with Gasteiger partial charge < -0.3 is 30.9 Å². The molecule has 7 nitrogen and oxygen atoms in total. The summed E-state index contributed by atoms with van der Waals surface area (Å²) < 4.78 is 2.73. The van der Waals surface area contributed by atoms with Crippen molar-refractivity contribution in [3.8, 4) is 0 Å². The number of rotatable bonds is 0. The van der Waals surface area contributed by atoms with Gasteiger partial charge in [0.15, 0.2) is 6.29 Å². The number of ether oxygens (including phenoxy) is 1. The standard InChI is InChI=1S/C6H12O5.C2H2Cl3NO/c1-2-3(7)4(8)5(9)6(10)11-2;3-2(4,5)1(6)7/h2-10H,1H3;(H2,6,7)/t2-,3-,4+,5+,6?;/m0./s1. The summed E-state index contributed by atoms with van der Waals surface area (Å²) in [7, 11) is 0. The average Bonchev–Trinajstić information content (AvgIpc) is 2.23. The van der Waals surface area contributed by atoms with Crippen molar-refractivity contribution in [3.05, 3.63) is 0 Å². The van der Waals surface area contributed by atoms with Crippen molar-refractivity contribution in [2.24, 2.45) is 5.73 Å². The molecule has 1 aliphatic heterocycles. The van der Waals surface area contributed by atoms with Crippen molar-refractivity contribution in [1.82, 2.24) is 0 Å². The van der Waals surface area contributed by atoms with Gasteiger partial charge in [0, 0.05) is 0 Å². The molecule has 1 amide bonds. The highest BCUT2D eigenvalue weighted by atomic mass is 35.6. The van der Waals surface area contributed by atoms with E-state index in [-0.39, 0.29) is 0 Å². The Bertz CT molecular complexity index is 272. The molecule has 0 spiro atoms. The molecule has 1 rings (SSSR count). The summed E-state index contributed by atoms with van der Waals surface area (Å²) in [5.41, 5.74) is 4.53. The first-order chi connectivity index (χ1) is 7.98. The predicted octanol–water partition coefficient (Wildman–Crippen LogP) is -1.35. The summed E-state index contributed by atoms with van der Waals surface area (Å²) in [6, 6.07) is 0. The monoisotopic (exact) mass is 325 g/mol. The largest absolute Gasteiger partial charge is 0.388 e. The number of primary amides is 1. The van der Waals surface area contributed by atoms with E-state index in [1.165, 1.54) is 6.92 Å². The van der Waals surface area contributed by atoms with Crippen LogP contribution in [-0.4, -0.2) is 60.8 Å². The van der Waals surface area contributed by atoms with E-state index >= 15 is 0 Å². The van der Waals surface area contributed by atoms with Crippen LogP contribution in [0.1, 0.15) is 6.92 Å². The third-order valence-corrected chi connectivity index (χ3v) is 2.67. The molecular weight excluding hydrogens is 312 g/mol. The molecule has 6 N–H and O–H groups in total. The Kier molecular flexibility index (Phi) is 7.12. The third-order valence-electron chi connectivity index (χ3n) is 2.11. The van der Waals surface area contributed by atoms with E-state index in [1.54, 1.807) is 0 Å². The van der Waals surface area contributed by atoms with Gasteiger partial charge >= 0.3 is 0 Å². The van der Waals surface area contributed by atoms with Crippen LogP contribution >= 0.6 is 34.8 Å². The second-order valence-corrected chi connectivity index (χ2v) is 5.85. The van der Waals surface area contributed by atoms with E-state index in [4.69, 9.17) is 55.2 Å². The lowest BCUT2D eigenvalue weighted by Gasteiger charge is -2.36. The Morgan fingerprint density at radius 2 is 1.50 bits per heavy atom. The number of amides is 1. The lowest BCUT2D eigenvalue weighted by molar-refractivity contribution is -0.277. The van der Waals surface area contributed by atoms with Crippen molar-refractivity contribution >= 4 is 40.7 Å². The zero-order valence-electron chi connectivity index (χ0n) is 9.20. The second-order valence-electron chi connectivity index (χ2n) is 3.57. The van der Waals surface area contributed by atoms with Gasteiger partial charge in [0.2, 0.25) is 0 Å². The fourth-order valence-corrected chi connectivity index (χ4v) is 1.03. The van der Waals surface area contributed by atoms with Crippen LogP contribution in [0, 0.1) is 0 Å². The van der Waals surface area contributed by atoms with E-state index in [9.17, 15) is 4.79 Å². The van der Waals surface area contributed by atoms with Crippen LogP contribution in [-0.2, 0) is 9.53 Å². The number of halogens is 3. The summed E-state index contributed by atoms with van der Waals surface area (Å²) in [4.78, 5) is 9.85. The molecule has 0 aliphatic carbocycles. The molecule has 1 saturated heterocycles. The van der Waals surface area contributed by atoms with E-state index in [2.05, 4.69) is 10.5 Å². The number of hydrogen-bond donors (Lipinski definition) is 5. The van der Waals surface area contributed by atoms with E-state index in [1.807, 2.05) is 0 Å². The summed E-state index contributed by atoms with van der Waals surface area (Å²) >= 11 is 14.8. The second kappa shape index (κ2) is 7.06. The molecule has 0 aromatic heterocycles. The summed E-state index contributed by atoms with van der Waals surface area (Å²) in [5, 5.41) is 36.0. The van der Waals surface area contributed by atoms with Crippen molar-refractivity contribution < 1.29 is 30.0 Å². The van der Waals surface area contributed by atoms with Gasteiger partial charge in [-0.25, -0.2) is 0 Å². The van der Waals surface area contributed by atoms with Gasteiger partial charge in [-0.15, -0.1) is 0 Å². The Morgan fingerprint density at radius 3 is 1.83 bits per heavy atom. The molecule has 18 heavy (non-hydrogen) atoms. The first-order valence-corrected chi connectivity index (χ1v) is 5.86. The van der Waals surface area contributed by atoms with Crippen LogP contribution in [0.5, 0.6) is 0 Å². The molecule has 0 aromatic rings. The van der Waals surface area contributed by atoms with Crippen LogP contribution in [0.3, 0.4) is 0 Å². The van der Waals surface area contributed by atoms with Crippen molar-refractivity contribution in [1.29, 1.82) is 0 Å². The number of hydrogen-bond acceptors (Lipinski definition) is 6. The number of carbonyl (C=O) groups is 1. The minimum absolute atomic E-state index is 0.664. The maximum absolute atomic E-state index is 9.85. The van der Waals surface area contributed by atoms with E-state index in [0.29, 0.717) is 0 Å². The van der Waals surface area contributed by atoms with Gasteiger partial charge in [-0.3, -0.25) is 4.79 Å². The van der Waals surface area contributed by atoms with E-state index < -0.39 is 40.4 Å². The zero-order chi connectivity index (χ0) is 14.7. The molecule has 1 heterocycles. The Labute approximate surface area is 118 Å². The lowest BCUT2D eigenvalue weighted by Crippen LogP contribution is -2.56. The molecule has 0 saturated carbocycles. The van der Waals surface area contributed by atoms with Gasteiger partial charge in [-0.05, 0) is 6.92 Å². The molecule has 0 radical (unpaired) electrons. The highest BCUT2D eigenvalue weighted by Gasteiger charge is 2.40. The van der Waals surface area contributed by atoms with Gasteiger partial charge in [0.05, 0.1) is 6.10 Å². The minimum atomic E-state index is -1.94. The molecular formula is C8H14Cl3NO6. The summed E-state index contributed by atoms with van der Waals surface area (Å²) in [6.45, 7) is 1.50. The minimum Gasteiger partial charge on any atom is -0.388 e. The van der Waals surface area contributed by atoms with Gasteiger partial charge in [-0.2, -0.15) is 0 Å². The van der Waals surface area contributed by atoms with Crippen LogP contribution in [0.25, 0.3) is 0 Å². The molecule has 1 aliphatic rings. The average molecular weight is 327 g/mol. The number of alkyl halides is 3. The van der Waals surface area contributed by atoms with Crippen molar-refractivity contribution in [2.75, 3.05) is 0 Å². The smallest absolute Gasteiger partial charge is 0.269 e. The fourth-order valence-electron chi connectivity index (χ4n) is 1.03. The molecule has 0 aromatic carbocycles. The van der Waals surface area contributed by atoms with Gasteiger partial charge in [-0.1, -0.05) is 34.8 Å². The van der Waals surface area contributed by atoms with Crippen LogP contribution in [0.15, 0.2) is 0 Å². The first kappa shape index (κ1) is 18.1. The van der Waals surface area contributed by atoms with Gasteiger partial charge in [0.1, 0.15) is 18.3 Å². The lowest BCUT2D eigenvalue weighted by atomic mass is 10.0. The fraction of sp³-hybridized carbons (Fsp3) is 0.875. The molecule has 1 fully saturated rings. The van der Waals surface area contributed by atoms with Crippen molar-refractivity contribution in [3.63, 3.8) is 0 Å². The molecule has 5 atom stereocenters. The number of carbonyl (C=O) groups excluding carboxylic acids is 1. The molecule has 108 valence electrons. The maximum atomic E-state index is 9.85. The highest BCUT2D eigenvalue weighted by molar-refractivity contribution is 6.76. The Balaban J connectivity index is 0.000000360. The Hall–Kier alpha value is 0.140. The van der Waals surface area contributed by atoms with Crippen LogP contribution < -0.4 is 5.73 Å². The Morgan fingerprint density at radius 1 is 1.11 bits per heavy atom. The third kappa shape index (κ3) is 5.41. The zero-order valence-corrected chi connectivity index (χ0v) is 11.5. The summed E-state index contributed by atoms with van der Waals surface area (Å²) in [6.07, 6.45) is -5.99. The maximum Gasteiger partial charge on any atom is 0.269 e. The number of aliphatic hydroxyl groups excluding tert-OH is 4. The number of nitrogens with two attached hydrogens (primary N) is 1. The van der Waals surface area contributed by atoms with Crippen LogP contribution in [0.4, 0.5) is 0 Å². The number of aliphatic hydroxyl groups is 4. The summed E-state index contributed by atoms with van der Waals surface area (Å²) in [5.74, 6) is -0.961. The molecule has 0 bridgehead atoms. The van der Waals surface area contributed by atoms with Crippen LogP contribution in [0.2, 0.25) is 0 Å². The highest BCUT2D eigenvalue weighted by Crippen LogP contribution is 2.24. The van der Waals surface area contributed by atoms with Crippen molar-refractivity contribution in [2.45, 2.75) is 41.4 Å². The van der Waals surface area contributed by atoms with Gasteiger partial charge in [0.25, 0.3) is 9.70 Å². The molecule has 1 unspecified atom stereocenters. The quantitative estimate of drug-likeness (QED) is 0.349. The SMILES string of the molecule is C[C@@H]1OC(O)[C@H](O)[C@H](O)[C@H]1O.NC(=O)C(Cl)(Cl)Cl. The van der Waals surface area contributed by atoms with E-state index in [0.717, 1.165) is 0 Å². The first-order valence-electron chi connectivity index (χ1n) is 4.72. The molecule has 10 heteroatoms.